The molecule has 0 spiro atoms. The van der Waals surface area contributed by atoms with E-state index in [1.165, 1.54) is 7.11 Å². The van der Waals surface area contributed by atoms with Crippen LogP contribution in [0.2, 0.25) is 5.02 Å². The fourth-order valence-electron chi connectivity index (χ4n) is 1.40. The highest BCUT2D eigenvalue weighted by Crippen LogP contribution is 2.20. The summed E-state index contributed by atoms with van der Waals surface area (Å²) < 4.78 is 6.19. The zero-order valence-electron chi connectivity index (χ0n) is 9.05. The van der Waals surface area contributed by atoms with Crippen LogP contribution in [0.3, 0.4) is 0 Å². The number of methoxy groups -OCH3 is 1. The summed E-state index contributed by atoms with van der Waals surface area (Å²) in [4.78, 5) is 11.5. The summed E-state index contributed by atoms with van der Waals surface area (Å²) >= 11 is 5.91. The van der Waals surface area contributed by atoms with Crippen molar-refractivity contribution in [3.8, 4) is 5.69 Å². The van der Waals surface area contributed by atoms with Crippen molar-refractivity contribution in [1.82, 2.24) is 9.78 Å². The molecule has 0 amide bonds. The van der Waals surface area contributed by atoms with Crippen molar-refractivity contribution >= 4 is 23.4 Å². The second-order valence-corrected chi connectivity index (χ2v) is 3.75. The quantitative estimate of drug-likeness (QED) is 0.828. The number of nitrogen functional groups attached to an aromatic ring is 1. The lowest BCUT2D eigenvalue weighted by molar-refractivity contribution is 0.0601. The van der Waals surface area contributed by atoms with Crippen molar-refractivity contribution in [1.29, 1.82) is 0 Å². The molecule has 0 radical (unpaired) electrons. The molecule has 0 bridgehead atoms. The second kappa shape index (κ2) is 4.47. The highest BCUT2D eigenvalue weighted by molar-refractivity contribution is 6.33. The number of hydrogen-bond donors (Lipinski definition) is 1. The van der Waals surface area contributed by atoms with E-state index in [-0.39, 0.29) is 0 Å². The van der Waals surface area contributed by atoms with Gasteiger partial charge in [-0.1, -0.05) is 11.6 Å². The van der Waals surface area contributed by atoms with E-state index in [1.54, 1.807) is 35.1 Å². The van der Waals surface area contributed by atoms with Gasteiger partial charge in [0.2, 0.25) is 0 Å². The van der Waals surface area contributed by atoms with Gasteiger partial charge >= 0.3 is 5.97 Å². The second-order valence-electron chi connectivity index (χ2n) is 3.34. The number of benzene rings is 1. The largest absolute Gasteiger partial charge is 0.465 e. The molecule has 88 valence electrons. The van der Waals surface area contributed by atoms with E-state index in [0.717, 1.165) is 0 Å². The molecular formula is C11H10ClN3O2. The topological polar surface area (TPSA) is 70.1 Å². The number of carbonyl (C=O) groups is 1. The number of rotatable bonds is 2. The van der Waals surface area contributed by atoms with Crippen LogP contribution in [-0.4, -0.2) is 22.9 Å². The summed E-state index contributed by atoms with van der Waals surface area (Å²) in [5, 5.41) is 4.37. The minimum atomic E-state index is -0.489. The number of carbonyl (C=O) groups excluding carboxylic acids is 1. The maximum atomic E-state index is 11.5. The molecule has 0 saturated heterocycles. The molecule has 6 heteroatoms. The summed E-state index contributed by atoms with van der Waals surface area (Å²) in [5.74, 6) is -0.0865. The average molecular weight is 252 g/mol. The minimum Gasteiger partial charge on any atom is -0.465 e. The Morgan fingerprint density at radius 1 is 1.47 bits per heavy atom. The molecule has 0 atom stereocenters. The summed E-state index contributed by atoms with van der Waals surface area (Å²) in [5.41, 5.74) is 6.50. The molecular weight excluding hydrogens is 242 g/mol. The molecule has 17 heavy (non-hydrogen) atoms. The minimum absolute atomic E-state index is 0.292. The maximum absolute atomic E-state index is 11.5. The van der Waals surface area contributed by atoms with Gasteiger partial charge < -0.3 is 10.5 Å². The predicted octanol–water partition coefficient (Wildman–Crippen LogP) is 1.89. The molecule has 2 N–H and O–H groups in total. The fraction of sp³-hybridized carbons (Fsp3) is 0.0909. The third-order valence-electron chi connectivity index (χ3n) is 2.23. The van der Waals surface area contributed by atoms with Gasteiger partial charge in [-0.15, -0.1) is 0 Å². The van der Waals surface area contributed by atoms with Crippen molar-refractivity contribution in [2.45, 2.75) is 0 Å². The molecule has 2 aromatic rings. The van der Waals surface area contributed by atoms with Crippen LogP contribution >= 0.6 is 11.6 Å². The summed E-state index contributed by atoms with van der Waals surface area (Å²) in [6.07, 6.45) is 1.69. The number of anilines is 1. The number of aromatic nitrogens is 2. The first kappa shape index (κ1) is 11.5. The Morgan fingerprint density at radius 3 is 2.82 bits per heavy atom. The van der Waals surface area contributed by atoms with Crippen molar-refractivity contribution in [2.75, 3.05) is 12.8 Å². The Labute approximate surface area is 103 Å². The third kappa shape index (κ3) is 2.24. The molecule has 1 heterocycles. The Kier molecular flexibility index (Phi) is 3.01. The van der Waals surface area contributed by atoms with Gasteiger partial charge in [0.1, 0.15) is 5.82 Å². The fourth-order valence-corrected chi connectivity index (χ4v) is 1.60. The lowest BCUT2D eigenvalue weighted by Gasteiger charge is -2.06. The summed E-state index contributed by atoms with van der Waals surface area (Å²) in [7, 11) is 1.30. The van der Waals surface area contributed by atoms with Crippen molar-refractivity contribution in [2.24, 2.45) is 0 Å². The van der Waals surface area contributed by atoms with Crippen LogP contribution in [0.5, 0.6) is 0 Å². The first-order chi connectivity index (χ1) is 8.11. The van der Waals surface area contributed by atoms with Crippen LogP contribution in [0.1, 0.15) is 10.4 Å². The lowest BCUT2D eigenvalue weighted by Crippen LogP contribution is -2.04. The number of nitrogens with two attached hydrogens (primary N) is 1. The first-order valence-electron chi connectivity index (χ1n) is 4.81. The molecule has 0 saturated carbocycles. The smallest absolute Gasteiger partial charge is 0.339 e. The zero-order chi connectivity index (χ0) is 12.4. The van der Waals surface area contributed by atoms with Crippen LogP contribution < -0.4 is 5.73 Å². The Morgan fingerprint density at radius 2 is 2.24 bits per heavy atom. The molecule has 0 fully saturated rings. The highest BCUT2D eigenvalue weighted by atomic mass is 35.5. The van der Waals surface area contributed by atoms with Gasteiger partial charge in [0.25, 0.3) is 0 Å². The molecule has 0 aliphatic rings. The maximum Gasteiger partial charge on any atom is 0.339 e. The van der Waals surface area contributed by atoms with Crippen LogP contribution in [-0.2, 0) is 4.74 Å². The van der Waals surface area contributed by atoms with E-state index in [9.17, 15) is 4.79 Å². The normalized spacial score (nSPS) is 10.2. The molecule has 0 aliphatic heterocycles. The van der Waals surface area contributed by atoms with Gasteiger partial charge in [-0.05, 0) is 18.2 Å². The van der Waals surface area contributed by atoms with Crippen LogP contribution in [0.4, 0.5) is 5.82 Å². The first-order valence-corrected chi connectivity index (χ1v) is 5.19. The summed E-state index contributed by atoms with van der Waals surface area (Å²) in [6.45, 7) is 0. The predicted molar refractivity (Wildman–Crippen MR) is 64.3 cm³/mol. The number of hydrogen-bond acceptors (Lipinski definition) is 4. The number of nitrogens with zero attached hydrogens (tertiary/aromatic N) is 2. The molecule has 5 nitrogen and oxygen atoms in total. The van der Waals surface area contributed by atoms with E-state index in [2.05, 4.69) is 9.84 Å². The van der Waals surface area contributed by atoms with Gasteiger partial charge in [-0.3, -0.25) is 0 Å². The lowest BCUT2D eigenvalue weighted by atomic mass is 10.2. The number of ether oxygens (including phenoxy) is 1. The standard InChI is InChI=1S/C11H10ClN3O2/c1-17-11(16)8-6-7(2-3-9(8)12)15-5-4-10(13)14-15/h2-6H,1H3,(H2,13,14). The molecule has 0 aliphatic carbocycles. The van der Waals surface area contributed by atoms with E-state index in [0.29, 0.717) is 22.1 Å². The van der Waals surface area contributed by atoms with Gasteiger partial charge in [0.05, 0.1) is 23.4 Å². The van der Waals surface area contributed by atoms with Gasteiger partial charge in [-0.2, -0.15) is 5.10 Å². The van der Waals surface area contributed by atoms with E-state index in [4.69, 9.17) is 17.3 Å². The van der Waals surface area contributed by atoms with Crippen LogP contribution in [0, 0.1) is 0 Å². The van der Waals surface area contributed by atoms with Crippen molar-refractivity contribution < 1.29 is 9.53 Å². The molecule has 1 aromatic heterocycles. The summed E-state index contributed by atoms with van der Waals surface area (Å²) in [6, 6.07) is 6.61. The van der Waals surface area contributed by atoms with E-state index < -0.39 is 5.97 Å². The molecule has 2 rings (SSSR count). The van der Waals surface area contributed by atoms with E-state index in [1.807, 2.05) is 0 Å². The van der Waals surface area contributed by atoms with Gasteiger partial charge in [-0.25, -0.2) is 9.48 Å². The monoisotopic (exact) mass is 251 g/mol. The zero-order valence-corrected chi connectivity index (χ0v) is 9.81. The molecule has 0 unspecified atom stereocenters. The Bertz CT molecular complexity index is 566. The SMILES string of the molecule is COC(=O)c1cc(-n2ccc(N)n2)ccc1Cl. The number of esters is 1. The third-order valence-corrected chi connectivity index (χ3v) is 2.56. The van der Waals surface area contributed by atoms with Crippen molar-refractivity contribution in [3.05, 3.63) is 41.0 Å². The van der Waals surface area contributed by atoms with Crippen LogP contribution in [0.25, 0.3) is 5.69 Å². The van der Waals surface area contributed by atoms with Crippen LogP contribution in [0.15, 0.2) is 30.5 Å². The molecule has 1 aromatic carbocycles. The highest BCUT2D eigenvalue weighted by Gasteiger charge is 2.12. The average Bonchev–Trinajstić information content (AvgIpc) is 2.75. The van der Waals surface area contributed by atoms with Gasteiger partial charge in [0.15, 0.2) is 0 Å². The van der Waals surface area contributed by atoms with Crippen molar-refractivity contribution in [3.63, 3.8) is 0 Å². The van der Waals surface area contributed by atoms with Gasteiger partial charge in [0, 0.05) is 12.3 Å². The Balaban J connectivity index is 2.47. The van der Waals surface area contributed by atoms with E-state index >= 15 is 0 Å². The number of halogens is 1. The Hall–Kier alpha value is -2.01.